The molecule has 1 N–H and O–H groups in total. The lowest BCUT2D eigenvalue weighted by Gasteiger charge is -2.32. The molecule has 0 spiro atoms. The van der Waals surface area contributed by atoms with E-state index in [2.05, 4.69) is 29.6 Å². The summed E-state index contributed by atoms with van der Waals surface area (Å²) >= 11 is 0. The van der Waals surface area contributed by atoms with E-state index in [4.69, 9.17) is 0 Å². The molecule has 1 heterocycles. The number of benzene rings is 1. The smallest absolute Gasteiger partial charge is 0.0351 e. The van der Waals surface area contributed by atoms with Crippen LogP contribution in [0.25, 0.3) is 0 Å². The molecule has 3 rings (SSSR count). The molecule has 2 unspecified atom stereocenters. The van der Waals surface area contributed by atoms with Crippen LogP contribution in [0.2, 0.25) is 0 Å². The number of nitrogens with one attached hydrogen (secondary N) is 1. The molecule has 0 saturated carbocycles. The van der Waals surface area contributed by atoms with E-state index in [1.807, 2.05) is 0 Å². The number of piperidine rings is 1. The minimum absolute atomic E-state index is 0.650. The quantitative estimate of drug-likeness (QED) is 0.680. The van der Waals surface area contributed by atoms with Gasteiger partial charge in [-0.3, -0.25) is 0 Å². The van der Waals surface area contributed by atoms with E-state index in [-0.39, 0.29) is 0 Å². The first kappa shape index (κ1) is 9.41. The van der Waals surface area contributed by atoms with Gasteiger partial charge in [0, 0.05) is 6.04 Å². The zero-order chi connectivity index (χ0) is 10.1. The van der Waals surface area contributed by atoms with Gasteiger partial charge in [0.1, 0.15) is 0 Å². The van der Waals surface area contributed by atoms with E-state index >= 15 is 0 Å². The fraction of sp³-hybridized carbons (Fsp3) is 0.571. The number of aryl methyl sites for hydroxylation is 1. The molecule has 2 atom stereocenters. The minimum Gasteiger partial charge on any atom is -0.310 e. The van der Waals surface area contributed by atoms with Gasteiger partial charge in [-0.05, 0) is 55.7 Å². The van der Waals surface area contributed by atoms with Crippen LogP contribution in [0.5, 0.6) is 0 Å². The lowest BCUT2D eigenvalue weighted by Crippen LogP contribution is -2.33. The molecule has 1 aromatic rings. The average Bonchev–Trinajstić information content (AvgIpc) is 2.48. The highest BCUT2D eigenvalue weighted by molar-refractivity contribution is 5.32. The maximum atomic E-state index is 3.72. The van der Waals surface area contributed by atoms with Gasteiger partial charge in [-0.25, -0.2) is 0 Å². The van der Waals surface area contributed by atoms with Crippen molar-refractivity contribution in [3.63, 3.8) is 0 Å². The van der Waals surface area contributed by atoms with Crippen LogP contribution in [0.3, 0.4) is 0 Å². The van der Waals surface area contributed by atoms with Crippen molar-refractivity contribution in [2.45, 2.75) is 38.1 Å². The third kappa shape index (κ3) is 1.69. The van der Waals surface area contributed by atoms with Crippen molar-refractivity contribution in [3.8, 4) is 0 Å². The molecular weight excluding hydrogens is 182 g/mol. The molecule has 0 amide bonds. The summed E-state index contributed by atoms with van der Waals surface area (Å²) in [5.41, 5.74) is 3.17. The van der Waals surface area contributed by atoms with E-state index in [1.165, 1.54) is 38.6 Å². The summed E-state index contributed by atoms with van der Waals surface area (Å²) < 4.78 is 0. The maximum Gasteiger partial charge on any atom is 0.0351 e. The van der Waals surface area contributed by atoms with E-state index in [0.717, 1.165) is 5.92 Å². The highest BCUT2D eigenvalue weighted by Crippen LogP contribution is 2.37. The fourth-order valence-electron chi connectivity index (χ4n) is 3.25. The molecule has 15 heavy (non-hydrogen) atoms. The Bertz CT molecular complexity index is 345. The Morgan fingerprint density at radius 2 is 1.93 bits per heavy atom. The van der Waals surface area contributed by atoms with Gasteiger partial charge in [-0.2, -0.15) is 0 Å². The Kier molecular flexibility index (Phi) is 2.49. The summed E-state index contributed by atoms with van der Waals surface area (Å²) in [6.45, 7) is 1.20. The number of hydrogen-bond acceptors (Lipinski definition) is 1. The zero-order valence-corrected chi connectivity index (χ0v) is 9.21. The van der Waals surface area contributed by atoms with Crippen molar-refractivity contribution in [3.05, 3.63) is 35.4 Å². The van der Waals surface area contributed by atoms with Crippen LogP contribution in [0, 0.1) is 5.92 Å². The molecule has 1 aliphatic carbocycles. The largest absolute Gasteiger partial charge is 0.310 e. The van der Waals surface area contributed by atoms with Crippen LogP contribution in [0.15, 0.2) is 24.3 Å². The van der Waals surface area contributed by atoms with Gasteiger partial charge in [0.15, 0.2) is 0 Å². The highest BCUT2D eigenvalue weighted by Gasteiger charge is 2.29. The molecule has 0 bridgehead atoms. The Morgan fingerprint density at radius 1 is 1.07 bits per heavy atom. The van der Waals surface area contributed by atoms with Crippen molar-refractivity contribution < 1.29 is 0 Å². The third-order valence-corrected chi connectivity index (χ3v) is 4.00. The summed E-state index contributed by atoms with van der Waals surface area (Å²) in [7, 11) is 0. The molecule has 0 radical (unpaired) electrons. The first-order valence-electron chi connectivity index (χ1n) is 6.26. The summed E-state index contributed by atoms with van der Waals surface area (Å²) in [6, 6.07) is 9.67. The molecule has 1 saturated heterocycles. The zero-order valence-electron chi connectivity index (χ0n) is 9.21. The predicted octanol–water partition coefficient (Wildman–Crippen LogP) is 3.06. The number of hydrogen-bond donors (Lipinski definition) is 1. The maximum absolute atomic E-state index is 3.72. The normalized spacial score (nSPS) is 30.1. The summed E-state index contributed by atoms with van der Waals surface area (Å²) in [5, 5.41) is 3.72. The minimum atomic E-state index is 0.650. The molecule has 80 valence electrons. The van der Waals surface area contributed by atoms with Gasteiger partial charge in [0.2, 0.25) is 0 Å². The van der Waals surface area contributed by atoms with Crippen LogP contribution in [0.4, 0.5) is 0 Å². The third-order valence-electron chi connectivity index (χ3n) is 4.00. The van der Waals surface area contributed by atoms with Gasteiger partial charge in [-0.15, -0.1) is 0 Å². The topological polar surface area (TPSA) is 12.0 Å². The van der Waals surface area contributed by atoms with Crippen molar-refractivity contribution in [2.75, 3.05) is 6.54 Å². The SMILES string of the molecule is c1ccc2c(c1)CCCC1CCCNC21. The Labute approximate surface area is 91.9 Å². The van der Waals surface area contributed by atoms with E-state index in [9.17, 15) is 0 Å². The van der Waals surface area contributed by atoms with E-state index in [0.29, 0.717) is 6.04 Å². The standard InChI is InChI=1S/C14H19N/c1-2-9-13-11(5-1)6-3-7-12-8-4-10-15-14(12)13/h1-2,5,9,12,14-15H,3-4,6-8,10H2. The second kappa shape index (κ2) is 3.97. The van der Waals surface area contributed by atoms with Crippen LogP contribution < -0.4 is 5.32 Å². The van der Waals surface area contributed by atoms with Gasteiger partial charge >= 0.3 is 0 Å². The van der Waals surface area contributed by atoms with Crippen LogP contribution in [-0.2, 0) is 6.42 Å². The number of rotatable bonds is 0. The lowest BCUT2D eigenvalue weighted by atomic mass is 9.84. The fourth-order valence-corrected chi connectivity index (χ4v) is 3.25. The Morgan fingerprint density at radius 3 is 2.93 bits per heavy atom. The molecular formula is C14H19N. The van der Waals surface area contributed by atoms with Crippen molar-refractivity contribution in [2.24, 2.45) is 5.92 Å². The van der Waals surface area contributed by atoms with Crippen LogP contribution in [-0.4, -0.2) is 6.54 Å². The van der Waals surface area contributed by atoms with Gasteiger partial charge in [0.25, 0.3) is 0 Å². The average molecular weight is 201 g/mol. The first-order valence-corrected chi connectivity index (χ1v) is 6.26. The molecule has 0 aromatic heterocycles. The summed E-state index contributed by atoms with van der Waals surface area (Å²) in [4.78, 5) is 0. The van der Waals surface area contributed by atoms with Crippen molar-refractivity contribution in [1.29, 1.82) is 0 Å². The van der Waals surface area contributed by atoms with Gasteiger partial charge in [-0.1, -0.05) is 24.3 Å². The summed E-state index contributed by atoms with van der Waals surface area (Å²) in [6.07, 6.45) is 6.85. The number of fused-ring (bicyclic) bond motifs is 3. The molecule has 1 heteroatoms. The Hall–Kier alpha value is -0.820. The Balaban J connectivity index is 1.99. The summed E-state index contributed by atoms with van der Waals surface area (Å²) in [5.74, 6) is 0.891. The highest BCUT2D eigenvalue weighted by atomic mass is 14.9. The van der Waals surface area contributed by atoms with Crippen LogP contribution >= 0.6 is 0 Å². The van der Waals surface area contributed by atoms with Crippen molar-refractivity contribution >= 4 is 0 Å². The molecule has 1 nitrogen and oxygen atoms in total. The predicted molar refractivity (Wildman–Crippen MR) is 62.8 cm³/mol. The molecule has 2 aliphatic rings. The lowest BCUT2D eigenvalue weighted by molar-refractivity contribution is 0.272. The van der Waals surface area contributed by atoms with Gasteiger partial charge < -0.3 is 5.32 Å². The van der Waals surface area contributed by atoms with Crippen molar-refractivity contribution in [1.82, 2.24) is 5.32 Å². The van der Waals surface area contributed by atoms with E-state index < -0.39 is 0 Å². The first-order chi connectivity index (χ1) is 7.45. The molecule has 1 fully saturated rings. The van der Waals surface area contributed by atoms with E-state index in [1.54, 1.807) is 11.1 Å². The molecule has 1 aliphatic heterocycles. The van der Waals surface area contributed by atoms with Crippen LogP contribution in [0.1, 0.15) is 42.9 Å². The monoisotopic (exact) mass is 201 g/mol. The second-order valence-corrected chi connectivity index (χ2v) is 4.93. The van der Waals surface area contributed by atoms with Gasteiger partial charge in [0.05, 0.1) is 0 Å². The molecule has 1 aromatic carbocycles. The second-order valence-electron chi connectivity index (χ2n) is 4.93.